The minimum atomic E-state index is -4.66. The predicted molar refractivity (Wildman–Crippen MR) is 183 cm³/mol. The Morgan fingerprint density at radius 1 is 0.729 bits per heavy atom. The maximum atomic E-state index is 12.9. The Labute approximate surface area is 302 Å². The second-order valence-electron chi connectivity index (χ2n) is 10.4. The molecule has 0 spiro atoms. The number of hydrogen-bond donors (Lipinski definition) is 2. The zero-order valence-electron chi connectivity index (χ0n) is 25.3. The van der Waals surface area contributed by atoms with Gasteiger partial charge in [-0.25, -0.2) is 18.4 Å². The molecule has 2 N–H and O–H groups in total. The Bertz CT molecular complexity index is 2670. The molecule has 7 rings (SSSR count). The second-order valence-corrected chi connectivity index (χ2v) is 13.7. The van der Waals surface area contributed by atoms with Gasteiger partial charge in [-0.2, -0.15) is 10.2 Å². The monoisotopic (exact) mass is 700 g/mol. The molecule has 0 atom stereocenters. The van der Waals surface area contributed by atoms with Crippen LogP contribution >= 0.6 is 22.7 Å². The number of aromatic nitrogens is 2. The van der Waals surface area contributed by atoms with Crippen LogP contribution in [-0.2, 0) is 10.1 Å². The van der Waals surface area contributed by atoms with Crippen LogP contribution in [0, 0.1) is 6.92 Å². The zero-order valence-corrected chi connectivity index (χ0v) is 29.7. The van der Waals surface area contributed by atoms with Crippen molar-refractivity contribution in [1.29, 1.82) is 0 Å². The van der Waals surface area contributed by atoms with Crippen molar-refractivity contribution in [3.05, 3.63) is 134 Å². The number of nitrogens with one attached hydrogen (secondary N) is 2. The summed E-state index contributed by atoms with van der Waals surface area (Å²) in [6.07, 6.45) is 0. The van der Waals surface area contributed by atoms with Crippen LogP contribution in [0.3, 0.4) is 0 Å². The van der Waals surface area contributed by atoms with Crippen molar-refractivity contribution in [2.24, 2.45) is 10.2 Å². The Balaban J connectivity index is 0.00000401. The van der Waals surface area contributed by atoms with E-state index in [0.29, 0.717) is 32.2 Å². The second kappa shape index (κ2) is 13.6. The molecule has 7 aromatic rings. The third-order valence-corrected chi connectivity index (χ3v) is 10.5. The van der Waals surface area contributed by atoms with E-state index >= 15 is 0 Å². The molecule has 48 heavy (non-hydrogen) atoms. The number of nitrogens with zero attached hydrogens (tertiary/aromatic N) is 4. The van der Waals surface area contributed by atoms with Crippen molar-refractivity contribution >= 4 is 64.6 Å². The fourth-order valence-electron chi connectivity index (χ4n) is 4.86. The van der Waals surface area contributed by atoms with E-state index in [0.717, 1.165) is 26.4 Å². The Morgan fingerprint density at radius 3 is 2.12 bits per heavy atom. The number of hydrogen-bond acceptors (Lipinski definition) is 13. The fourth-order valence-corrected chi connectivity index (χ4v) is 8.15. The van der Waals surface area contributed by atoms with Crippen LogP contribution < -0.4 is 62.0 Å². The number of rotatable bonds is 7. The van der Waals surface area contributed by atoms with Crippen LogP contribution in [0.2, 0.25) is 0 Å². The molecule has 0 unspecified atom stereocenters. The van der Waals surface area contributed by atoms with E-state index < -0.39 is 21.0 Å². The van der Waals surface area contributed by atoms with E-state index in [4.69, 9.17) is 4.98 Å². The molecular formula is C33H21N6NaO5S3. The quantitative estimate of drug-likeness (QED) is 0.144. The van der Waals surface area contributed by atoms with Crippen LogP contribution in [0.15, 0.2) is 122 Å². The van der Waals surface area contributed by atoms with Crippen molar-refractivity contribution in [3.8, 4) is 21.1 Å². The van der Waals surface area contributed by atoms with Crippen molar-refractivity contribution in [1.82, 2.24) is 9.97 Å². The third kappa shape index (κ3) is 6.77. The summed E-state index contributed by atoms with van der Waals surface area (Å²) in [4.78, 5) is 34.3. The molecule has 5 aromatic carbocycles. The number of para-hydroxylation sites is 1. The summed E-state index contributed by atoms with van der Waals surface area (Å²) >= 11 is 2.66. The van der Waals surface area contributed by atoms with E-state index in [1.54, 1.807) is 55.5 Å². The Morgan fingerprint density at radius 2 is 1.38 bits per heavy atom. The van der Waals surface area contributed by atoms with Gasteiger partial charge in [-0.3, -0.25) is 20.4 Å². The maximum absolute atomic E-state index is 12.9. The molecule has 0 aliphatic carbocycles. The molecule has 0 radical (unpaired) electrons. The molecule has 2 aromatic heterocycles. The molecular weight excluding hydrogens is 680 g/mol. The van der Waals surface area contributed by atoms with Crippen LogP contribution in [0.5, 0.6) is 0 Å². The third-order valence-electron chi connectivity index (χ3n) is 7.18. The molecule has 11 nitrogen and oxygen atoms in total. The van der Waals surface area contributed by atoms with Crippen molar-refractivity contribution in [2.45, 2.75) is 11.8 Å². The number of benzene rings is 5. The zero-order chi connectivity index (χ0) is 32.7. The van der Waals surface area contributed by atoms with Gasteiger partial charge in [-0.05, 0) is 85.3 Å². The van der Waals surface area contributed by atoms with E-state index in [9.17, 15) is 22.6 Å². The standard InChI is InChI=1S/C33H22N6O5S3.Na/c1-18-7-13-25-30(31(18)47(42,43)44)46-33(35-25)20-10-14-23-27(17-20)45-32(34-23)19-8-11-22(12-9-19)36-38-24-15-16-26(40)28(29(24)41)39-37-21-5-3-2-4-6-21;/h2-17,36-37H,1H3,(H,42,43,44);/q;+1/p-1/b38-24-,39-28-;. The fraction of sp³-hybridized carbons (Fsp3) is 0.0303. The number of thiazole rings is 2. The Kier molecular flexibility index (Phi) is 9.49. The number of aryl methyl sites for hydroxylation is 1. The van der Waals surface area contributed by atoms with Crippen LogP contribution in [0.1, 0.15) is 5.56 Å². The van der Waals surface area contributed by atoms with E-state index in [2.05, 4.69) is 26.0 Å². The molecule has 232 valence electrons. The maximum Gasteiger partial charge on any atom is 1.00 e. The molecule has 0 saturated heterocycles. The van der Waals surface area contributed by atoms with Gasteiger partial charge in [0.05, 0.1) is 36.7 Å². The van der Waals surface area contributed by atoms with Crippen LogP contribution in [0.4, 0.5) is 11.4 Å². The number of anilines is 2. The molecule has 0 saturated carbocycles. The first-order valence-electron chi connectivity index (χ1n) is 14.0. The first-order chi connectivity index (χ1) is 22.6. The molecule has 15 heteroatoms. The smallest absolute Gasteiger partial charge is 0.744 e. The van der Waals surface area contributed by atoms with E-state index in [1.807, 2.05) is 36.4 Å². The SMILES string of the molecule is Cc1ccc2nc(-c3ccc4nc(-c5ccc(N/N=c6/ccc(=O)/c(=N/Nc7ccccc7)c6=O)cc5)sc4c3)sc2c1S(=O)(=O)[O-].[Na+]. The van der Waals surface area contributed by atoms with Gasteiger partial charge in [0.15, 0.2) is 5.36 Å². The molecule has 0 aliphatic heterocycles. The Hall–Kier alpha value is -4.41. The largest absolute Gasteiger partial charge is 1.00 e. The van der Waals surface area contributed by atoms with Gasteiger partial charge in [-0.15, -0.1) is 22.7 Å². The number of fused-ring (bicyclic) bond motifs is 2. The van der Waals surface area contributed by atoms with Gasteiger partial charge >= 0.3 is 29.6 Å². The van der Waals surface area contributed by atoms with Gasteiger partial charge < -0.3 is 4.55 Å². The molecule has 2 heterocycles. The average molecular weight is 701 g/mol. The molecule has 0 amide bonds. The summed E-state index contributed by atoms with van der Waals surface area (Å²) in [6.45, 7) is 1.60. The van der Waals surface area contributed by atoms with E-state index in [-0.39, 0.29) is 45.2 Å². The molecule has 0 bridgehead atoms. The van der Waals surface area contributed by atoms with Crippen molar-refractivity contribution in [2.75, 3.05) is 10.9 Å². The van der Waals surface area contributed by atoms with Crippen molar-refractivity contribution in [3.63, 3.8) is 0 Å². The minimum Gasteiger partial charge on any atom is -0.744 e. The summed E-state index contributed by atoms with van der Waals surface area (Å²) in [5.41, 5.74) is 9.03. The summed E-state index contributed by atoms with van der Waals surface area (Å²) in [5.74, 6) is 0. The van der Waals surface area contributed by atoms with Gasteiger partial charge in [0.2, 0.25) is 10.9 Å². The van der Waals surface area contributed by atoms with Gasteiger partial charge in [-0.1, -0.05) is 24.3 Å². The first-order valence-corrected chi connectivity index (χ1v) is 17.1. The predicted octanol–water partition coefficient (Wildman–Crippen LogP) is 1.91. The van der Waals surface area contributed by atoms with E-state index in [1.165, 1.54) is 34.8 Å². The summed E-state index contributed by atoms with van der Waals surface area (Å²) in [7, 11) is -4.66. The summed E-state index contributed by atoms with van der Waals surface area (Å²) < 4.78 is 37.0. The molecule has 0 aliphatic rings. The summed E-state index contributed by atoms with van der Waals surface area (Å²) in [6, 6.07) is 27.9. The summed E-state index contributed by atoms with van der Waals surface area (Å²) in [5, 5.41) is 9.35. The van der Waals surface area contributed by atoms with Crippen LogP contribution in [0.25, 0.3) is 41.6 Å². The first kappa shape index (κ1) is 33.5. The van der Waals surface area contributed by atoms with Gasteiger partial charge in [0.1, 0.15) is 25.5 Å². The van der Waals surface area contributed by atoms with Crippen molar-refractivity contribution < 1.29 is 42.5 Å². The van der Waals surface area contributed by atoms with Gasteiger partial charge in [0, 0.05) is 11.1 Å². The molecule has 0 fully saturated rings. The van der Waals surface area contributed by atoms with Gasteiger partial charge in [0.25, 0.3) is 0 Å². The normalized spacial score (nSPS) is 12.4. The van der Waals surface area contributed by atoms with Crippen LogP contribution in [-0.4, -0.2) is 22.9 Å². The topological polar surface area (TPSA) is 166 Å². The minimum absolute atomic E-state index is 0. The average Bonchev–Trinajstić information content (AvgIpc) is 3.68.